The number of nitrogens with zero attached hydrogens (tertiary/aromatic N) is 2. The van der Waals surface area contributed by atoms with E-state index in [1.807, 2.05) is 6.07 Å². The minimum atomic E-state index is 0.547. The fourth-order valence-corrected chi connectivity index (χ4v) is 2.79. The molecular weight excluding hydrogens is 272 g/mol. The first-order chi connectivity index (χ1) is 10.9. The van der Waals surface area contributed by atoms with Crippen LogP contribution in [0, 0.1) is 0 Å². The van der Waals surface area contributed by atoms with Crippen LogP contribution in [0.2, 0.25) is 0 Å². The molecule has 0 aliphatic carbocycles. The van der Waals surface area contributed by atoms with Crippen molar-refractivity contribution in [2.75, 3.05) is 42.6 Å². The molecule has 0 saturated carbocycles. The Morgan fingerprint density at radius 3 is 2.18 bits per heavy atom. The van der Waals surface area contributed by atoms with E-state index in [1.54, 1.807) is 6.08 Å². The van der Waals surface area contributed by atoms with Crippen molar-refractivity contribution in [1.82, 2.24) is 0 Å². The molecule has 3 heteroatoms. The molecule has 22 heavy (non-hydrogen) atoms. The third kappa shape index (κ3) is 3.42. The normalized spacial score (nSPS) is 14.7. The topological polar surface area (TPSA) is 15.7 Å². The molecule has 0 bridgehead atoms. The van der Waals surface area contributed by atoms with Crippen molar-refractivity contribution in [2.24, 2.45) is 0 Å². The Hall–Kier alpha value is -2.42. The number of rotatable bonds is 5. The molecule has 114 valence electrons. The summed E-state index contributed by atoms with van der Waals surface area (Å²) >= 11 is 0. The second-order valence-corrected chi connectivity index (χ2v) is 5.41. The van der Waals surface area contributed by atoms with Crippen LogP contribution < -0.4 is 14.5 Å². The summed E-state index contributed by atoms with van der Waals surface area (Å²) in [4.78, 5) is 4.86. The predicted octanol–water partition coefficient (Wildman–Crippen LogP) is 3.58. The van der Waals surface area contributed by atoms with Gasteiger partial charge in [0.1, 0.15) is 12.4 Å². The van der Waals surface area contributed by atoms with Gasteiger partial charge in [0.15, 0.2) is 0 Å². The van der Waals surface area contributed by atoms with E-state index in [-0.39, 0.29) is 0 Å². The molecule has 0 spiro atoms. The first-order valence-electron chi connectivity index (χ1n) is 7.75. The minimum Gasteiger partial charge on any atom is -0.489 e. The van der Waals surface area contributed by atoms with E-state index in [0.29, 0.717) is 6.61 Å². The van der Waals surface area contributed by atoms with Gasteiger partial charge in [0, 0.05) is 43.6 Å². The number of para-hydroxylation sites is 1. The molecule has 1 fully saturated rings. The van der Waals surface area contributed by atoms with E-state index in [1.165, 1.54) is 11.4 Å². The van der Waals surface area contributed by atoms with Gasteiger partial charge in [-0.15, -0.1) is 0 Å². The highest BCUT2D eigenvalue weighted by atomic mass is 16.5. The Morgan fingerprint density at radius 2 is 1.50 bits per heavy atom. The van der Waals surface area contributed by atoms with E-state index in [2.05, 4.69) is 64.9 Å². The first kappa shape index (κ1) is 14.5. The van der Waals surface area contributed by atoms with Crippen LogP contribution in [0.3, 0.4) is 0 Å². The van der Waals surface area contributed by atoms with Gasteiger partial charge in [-0.3, -0.25) is 0 Å². The van der Waals surface area contributed by atoms with Gasteiger partial charge in [-0.2, -0.15) is 0 Å². The quantitative estimate of drug-likeness (QED) is 0.784. The summed E-state index contributed by atoms with van der Waals surface area (Å²) in [5.74, 6) is 0.905. The monoisotopic (exact) mass is 294 g/mol. The molecule has 0 amide bonds. The molecule has 0 radical (unpaired) electrons. The largest absolute Gasteiger partial charge is 0.489 e. The minimum absolute atomic E-state index is 0.547. The third-order valence-corrected chi connectivity index (χ3v) is 3.95. The highest BCUT2D eigenvalue weighted by molar-refractivity contribution is 5.53. The second kappa shape index (κ2) is 7.03. The zero-order valence-electron chi connectivity index (χ0n) is 12.8. The lowest BCUT2D eigenvalue weighted by Crippen LogP contribution is -2.46. The van der Waals surface area contributed by atoms with E-state index >= 15 is 0 Å². The van der Waals surface area contributed by atoms with Crippen molar-refractivity contribution in [3.63, 3.8) is 0 Å². The summed E-state index contributed by atoms with van der Waals surface area (Å²) in [6.45, 7) is 8.37. The smallest absolute Gasteiger partial charge is 0.121 e. The molecule has 3 nitrogen and oxygen atoms in total. The van der Waals surface area contributed by atoms with Crippen molar-refractivity contribution in [3.05, 3.63) is 67.3 Å². The van der Waals surface area contributed by atoms with Crippen molar-refractivity contribution in [2.45, 2.75) is 0 Å². The fourth-order valence-electron chi connectivity index (χ4n) is 2.79. The van der Waals surface area contributed by atoms with E-state index in [9.17, 15) is 0 Å². The Labute approximate surface area is 132 Å². The standard InChI is InChI=1S/C19H22N2O/c1-2-15-22-19-10-6-9-18(16-19)21-13-11-20(12-14-21)17-7-4-3-5-8-17/h2-10,16H,1,11-15H2. The van der Waals surface area contributed by atoms with Gasteiger partial charge in [-0.25, -0.2) is 0 Å². The number of ether oxygens (including phenoxy) is 1. The lowest BCUT2D eigenvalue weighted by molar-refractivity contribution is 0.363. The first-order valence-corrected chi connectivity index (χ1v) is 7.75. The summed E-state index contributed by atoms with van der Waals surface area (Å²) in [5.41, 5.74) is 2.54. The molecule has 0 unspecified atom stereocenters. The molecule has 2 aromatic carbocycles. The number of anilines is 2. The lowest BCUT2D eigenvalue weighted by atomic mass is 10.2. The predicted molar refractivity (Wildman–Crippen MR) is 93.0 cm³/mol. The molecule has 0 aromatic heterocycles. The van der Waals surface area contributed by atoms with Gasteiger partial charge >= 0.3 is 0 Å². The molecule has 0 N–H and O–H groups in total. The molecule has 2 aromatic rings. The number of hydrogen-bond donors (Lipinski definition) is 0. The summed E-state index contributed by atoms with van der Waals surface area (Å²) < 4.78 is 5.62. The van der Waals surface area contributed by atoms with Crippen molar-refractivity contribution in [3.8, 4) is 5.75 Å². The summed E-state index contributed by atoms with van der Waals surface area (Å²) in [6.07, 6.45) is 1.77. The van der Waals surface area contributed by atoms with Crippen molar-refractivity contribution < 1.29 is 4.74 Å². The highest BCUT2D eigenvalue weighted by Crippen LogP contribution is 2.24. The van der Waals surface area contributed by atoms with Crippen LogP contribution in [0.15, 0.2) is 67.3 Å². The lowest BCUT2D eigenvalue weighted by Gasteiger charge is -2.37. The molecular formula is C19H22N2O. The summed E-state index contributed by atoms with van der Waals surface area (Å²) in [5, 5.41) is 0. The van der Waals surface area contributed by atoms with Crippen LogP contribution in [0.25, 0.3) is 0 Å². The Kier molecular flexibility index (Phi) is 4.64. The summed E-state index contributed by atoms with van der Waals surface area (Å²) in [7, 11) is 0. The van der Waals surface area contributed by atoms with Crippen molar-refractivity contribution in [1.29, 1.82) is 0 Å². The maximum absolute atomic E-state index is 5.62. The highest BCUT2D eigenvalue weighted by Gasteiger charge is 2.17. The molecule has 1 heterocycles. The second-order valence-electron chi connectivity index (χ2n) is 5.41. The van der Waals surface area contributed by atoms with Crippen LogP contribution in [0.4, 0.5) is 11.4 Å². The van der Waals surface area contributed by atoms with E-state index in [4.69, 9.17) is 4.74 Å². The summed E-state index contributed by atoms with van der Waals surface area (Å²) in [6, 6.07) is 18.9. The zero-order valence-corrected chi connectivity index (χ0v) is 12.8. The molecule has 0 atom stereocenters. The van der Waals surface area contributed by atoms with Crippen molar-refractivity contribution >= 4 is 11.4 Å². The average molecular weight is 294 g/mol. The van der Waals surface area contributed by atoms with Gasteiger partial charge in [0.25, 0.3) is 0 Å². The van der Waals surface area contributed by atoms with Crippen LogP contribution in [-0.2, 0) is 0 Å². The molecule has 1 aliphatic heterocycles. The maximum atomic E-state index is 5.62. The molecule has 3 rings (SSSR count). The van der Waals surface area contributed by atoms with Crippen LogP contribution in [-0.4, -0.2) is 32.8 Å². The average Bonchev–Trinajstić information content (AvgIpc) is 2.61. The van der Waals surface area contributed by atoms with E-state index < -0.39 is 0 Å². The molecule has 1 saturated heterocycles. The van der Waals surface area contributed by atoms with E-state index in [0.717, 1.165) is 31.9 Å². The Bertz CT molecular complexity index is 604. The third-order valence-electron chi connectivity index (χ3n) is 3.95. The Balaban J connectivity index is 1.62. The van der Waals surface area contributed by atoms with Gasteiger partial charge < -0.3 is 14.5 Å². The van der Waals surface area contributed by atoms with Gasteiger partial charge in [-0.1, -0.05) is 36.9 Å². The Morgan fingerprint density at radius 1 is 0.864 bits per heavy atom. The van der Waals surface area contributed by atoms with Gasteiger partial charge in [0.05, 0.1) is 0 Å². The number of piperazine rings is 1. The van der Waals surface area contributed by atoms with Gasteiger partial charge in [0.2, 0.25) is 0 Å². The molecule has 1 aliphatic rings. The SMILES string of the molecule is C=CCOc1cccc(N2CCN(c3ccccc3)CC2)c1. The maximum Gasteiger partial charge on any atom is 0.121 e. The fraction of sp³-hybridized carbons (Fsp3) is 0.263. The van der Waals surface area contributed by atoms with Crippen LogP contribution in [0.1, 0.15) is 0 Å². The number of benzene rings is 2. The van der Waals surface area contributed by atoms with Crippen LogP contribution >= 0.6 is 0 Å². The van der Waals surface area contributed by atoms with Crippen LogP contribution in [0.5, 0.6) is 5.75 Å². The van der Waals surface area contributed by atoms with Gasteiger partial charge in [-0.05, 0) is 24.3 Å². The zero-order chi connectivity index (χ0) is 15.2. The number of hydrogen-bond acceptors (Lipinski definition) is 3.